The van der Waals surface area contributed by atoms with Gasteiger partial charge in [0, 0.05) is 38.9 Å². The molecule has 1 aliphatic heterocycles. The zero-order valence-electron chi connectivity index (χ0n) is 17.8. The fourth-order valence-corrected chi connectivity index (χ4v) is 5.42. The molecule has 0 amide bonds. The lowest BCUT2D eigenvalue weighted by molar-refractivity contribution is 0.181. The van der Waals surface area contributed by atoms with E-state index in [0.29, 0.717) is 49.3 Å². The Balaban J connectivity index is 1.42. The smallest absolute Gasteiger partial charge is 0.246 e. The maximum Gasteiger partial charge on any atom is 0.246 e. The number of aromatic nitrogens is 3. The highest BCUT2D eigenvalue weighted by atomic mass is 32.2. The van der Waals surface area contributed by atoms with E-state index < -0.39 is 10.0 Å². The third kappa shape index (κ3) is 4.81. The predicted molar refractivity (Wildman–Crippen MR) is 120 cm³/mol. The van der Waals surface area contributed by atoms with Gasteiger partial charge in [0.1, 0.15) is 10.6 Å². The summed E-state index contributed by atoms with van der Waals surface area (Å²) in [5.74, 6) is 0.830. The van der Waals surface area contributed by atoms with Crippen LogP contribution in [0, 0.1) is 6.92 Å². The Labute approximate surface area is 183 Å². The molecule has 1 atom stereocenters. The van der Waals surface area contributed by atoms with E-state index in [2.05, 4.69) is 51.0 Å². The van der Waals surface area contributed by atoms with Gasteiger partial charge in [-0.2, -0.15) is 4.31 Å². The summed E-state index contributed by atoms with van der Waals surface area (Å²) in [6, 6.07) is 15.9. The Bertz CT molecular complexity index is 1120. The zero-order valence-corrected chi connectivity index (χ0v) is 18.7. The normalized spacial score (nSPS) is 16.8. The lowest BCUT2D eigenvalue weighted by Gasteiger charge is -2.35. The molecule has 31 heavy (non-hydrogen) atoms. The first-order valence-corrected chi connectivity index (χ1v) is 11.9. The van der Waals surface area contributed by atoms with Gasteiger partial charge in [0.2, 0.25) is 10.0 Å². The molecule has 1 aliphatic rings. The van der Waals surface area contributed by atoms with Crippen LogP contribution in [0.1, 0.15) is 24.1 Å². The van der Waals surface area contributed by atoms with Crippen molar-refractivity contribution in [1.82, 2.24) is 24.2 Å². The zero-order chi connectivity index (χ0) is 21.8. The molecule has 162 valence electrons. The van der Waals surface area contributed by atoms with Gasteiger partial charge in [-0.05, 0) is 30.5 Å². The summed E-state index contributed by atoms with van der Waals surface area (Å²) in [6.07, 6.45) is 3.07. The topological polar surface area (TPSA) is 79.3 Å². The third-order valence-electron chi connectivity index (χ3n) is 5.68. The van der Waals surface area contributed by atoms with E-state index in [1.807, 2.05) is 18.2 Å². The molecule has 0 spiro atoms. The number of pyridine rings is 1. The minimum Gasteiger partial charge on any atom is -0.300 e. The van der Waals surface area contributed by atoms with Crippen molar-refractivity contribution >= 4 is 10.0 Å². The Hall–Kier alpha value is -2.68. The molecular weight excluding hydrogens is 410 g/mol. The van der Waals surface area contributed by atoms with Crippen molar-refractivity contribution in [3.63, 3.8) is 0 Å². The summed E-state index contributed by atoms with van der Waals surface area (Å²) in [5.41, 5.74) is 2.37. The monoisotopic (exact) mass is 437 g/mol. The van der Waals surface area contributed by atoms with Crippen molar-refractivity contribution in [2.45, 2.75) is 24.7 Å². The van der Waals surface area contributed by atoms with Crippen molar-refractivity contribution in [3.05, 3.63) is 72.2 Å². The SMILES string of the molecule is Cc1nc(-c2ccccn2)ncc1S(=O)(=O)N1CCN(C[C@H](C)c2ccccc2)CC1. The van der Waals surface area contributed by atoms with Crippen molar-refractivity contribution < 1.29 is 8.42 Å². The number of hydrogen-bond acceptors (Lipinski definition) is 6. The van der Waals surface area contributed by atoms with Gasteiger partial charge in [0.25, 0.3) is 0 Å². The van der Waals surface area contributed by atoms with Gasteiger partial charge >= 0.3 is 0 Å². The second-order valence-corrected chi connectivity index (χ2v) is 9.78. The van der Waals surface area contributed by atoms with Gasteiger partial charge in [0.05, 0.1) is 11.9 Å². The summed E-state index contributed by atoms with van der Waals surface area (Å²) < 4.78 is 28.0. The van der Waals surface area contributed by atoms with Crippen molar-refractivity contribution in [2.24, 2.45) is 0 Å². The highest BCUT2D eigenvalue weighted by Gasteiger charge is 2.31. The molecular formula is C23H27N5O2S. The third-order valence-corrected chi connectivity index (χ3v) is 7.68. The summed E-state index contributed by atoms with van der Waals surface area (Å²) in [4.78, 5) is 15.4. The standard InChI is InChI=1S/C23H27N5O2S/c1-18(20-8-4-3-5-9-20)17-27-12-14-28(15-13-27)31(29,30)22-16-25-23(26-19(22)2)21-10-6-7-11-24-21/h3-11,16,18H,12-15,17H2,1-2H3/t18-/m0/s1. The van der Waals surface area contributed by atoms with Gasteiger partial charge in [-0.25, -0.2) is 18.4 Å². The van der Waals surface area contributed by atoms with E-state index in [4.69, 9.17) is 0 Å². The van der Waals surface area contributed by atoms with Crippen LogP contribution in [0.3, 0.4) is 0 Å². The van der Waals surface area contributed by atoms with Gasteiger partial charge < -0.3 is 4.90 Å². The van der Waals surface area contributed by atoms with Crippen LogP contribution in [0.15, 0.2) is 65.8 Å². The lowest BCUT2D eigenvalue weighted by Crippen LogP contribution is -2.49. The van der Waals surface area contributed by atoms with Crippen molar-refractivity contribution in [2.75, 3.05) is 32.7 Å². The molecule has 1 saturated heterocycles. The van der Waals surface area contributed by atoms with Gasteiger partial charge in [-0.3, -0.25) is 4.98 Å². The number of sulfonamides is 1. The largest absolute Gasteiger partial charge is 0.300 e. The molecule has 7 nitrogen and oxygen atoms in total. The molecule has 4 rings (SSSR count). The van der Waals surface area contributed by atoms with Gasteiger partial charge in [-0.1, -0.05) is 43.3 Å². The molecule has 0 bridgehead atoms. The van der Waals surface area contributed by atoms with Crippen LogP contribution in [0.4, 0.5) is 0 Å². The number of piperazine rings is 1. The number of hydrogen-bond donors (Lipinski definition) is 0. The molecule has 0 unspecified atom stereocenters. The molecule has 1 fully saturated rings. The molecule has 0 radical (unpaired) electrons. The Morgan fingerprint density at radius 2 is 1.68 bits per heavy atom. The van der Waals surface area contributed by atoms with Crippen LogP contribution in [0.2, 0.25) is 0 Å². The highest BCUT2D eigenvalue weighted by molar-refractivity contribution is 7.89. The predicted octanol–water partition coefficient (Wildman–Crippen LogP) is 2.96. The number of benzene rings is 1. The van der Waals surface area contributed by atoms with Crippen molar-refractivity contribution in [3.8, 4) is 11.5 Å². The van der Waals surface area contributed by atoms with E-state index in [1.165, 1.54) is 11.8 Å². The van der Waals surface area contributed by atoms with Gasteiger partial charge in [0.15, 0.2) is 5.82 Å². The second kappa shape index (κ2) is 9.21. The van der Waals surface area contributed by atoms with Crippen LogP contribution < -0.4 is 0 Å². The average molecular weight is 438 g/mol. The molecule has 1 aromatic carbocycles. The maximum absolute atomic E-state index is 13.2. The summed E-state index contributed by atoms with van der Waals surface area (Å²) >= 11 is 0. The highest BCUT2D eigenvalue weighted by Crippen LogP contribution is 2.23. The maximum atomic E-state index is 13.2. The molecule has 2 aromatic heterocycles. The molecule has 0 aliphatic carbocycles. The molecule has 3 aromatic rings. The number of aryl methyl sites for hydroxylation is 1. The van der Waals surface area contributed by atoms with E-state index in [1.54, 1.807) is 23.5 Å². The van der Waals surface area contributed by atoms with E-state index in [0.717, 1.165) is 6.54 Å². The quantitative estimate of drug-likeness (QED) is 0.590. The Morgan fingerprint density at radius 1 is 0.968 bits per heavy atom. The molecule has 3 heterocycles. The van der Waals surface area contributed by atoms with Crippen LogP contribution in [0.25, 0.3) is 11.5 Å². The Morgan fingerprint density at radius 3 is 2.32 bits per heavy atom. The number of rotatable bonds is 6. The first kappa shape index (κ1) is 21.5. The molecule has 8 heteroatoms. The van der Waals surface area contributed by atoms with E-state index in [9.17, 15) is 8.42 Å². The fourth-order valence-electron chi connectivity index (χ4n) is 3.89. The first-order valence-electron chi connectivity index (χ1n) is 10.5. The van der Waals surface area contributed by atoms with Crippen LogP contribution in [-0.4, -0.2) is 65.3 Å². The minimum absolute atomic E-state index is 0.165. The Kier molecular flexibility index (Phi) is 6.41. The minimum atomic E-state index is -3.63. The molecule has 0 saturated carbocycles. The van der Waals surface area contributed by atoms with Gasteiger partial charge in [-0.15, -0.1) is 0 Å². The van der Waals surface area contributed by atoms with E-state index >= 15 is 0 Å². The van der Waals surface area contributed by atoms with Crippen LogP contribution >= 0.6 is 0 Å². The number of nitrogens with zero attached hydrogens (tertiary/aromatic N) is 5. The average Bonchev–Trinajstić information content (AvgIpc) is 2.80. The van der Waals surface area contributed by atoms with Crippen LogP contribution in [0.5, 0.6) is 0 Å². The fraction of sp³-hybridized carbons (Fsp3) is 0.348. The summed E-state index contributed by atoms with van der Waals surface area (Å²) in [6.45, 7) is 7.18. The molecule has 0 N–H and O–H groups in total. The van der Waals surface area contributed by atoms with E-state index in [-0.39, 0.29) is 4.90 Å². The van der Waals surface area contributed by atoms with Crippen LogP contribution in [-0.2, 0) is 10.0 Å². The first-order chi connectivity index (χ1) is 14.9. The summed E-state index contributed by atoms with van der Waals surface area (Å²) in [7, 11) is -3.63. The second-order valence-electron chi connectivity index (χ2n) is 7.87. The summed E-state index contributed by atoms with van der Waals surface area (Å²) in [5, 5.41) is 0. The lowest BCUT2D eigenvalue weighted by atomic mass is 10.0. The van der Waals surface area contributed by atoms with Crippen molar-refractivity contribution in [1.29, 1.82) is 0 Å².